The van der Waals surface area contributed by atoms with Crippen LogP contribution in [-0.4, -0.2) is 46.6 Å². The van der Waals surface area contributed by atoms with Gasteiger partial charge >= 0.3 is 6.09 Å². The van der Waals surface area contributed by atoms with Gasteiger partial charge in [0.1, 0.15) is 11.9 Å². The van der Waals surface area contributed by atoms with Gasteiger partial charge in [-0.3, -0.25) is 4.79 Å². The highest BCUT2D eigenvalue weighted by Crippen LogP contribution is 2.19. The van der Waals surface area contributed by atoms with E-state index < -0.39 is 11.7 Å². The molecule has 2 amide bonds. The van der Waals surface area contributed by atoms with Crippen LogP contribution in [0.15, 0.2) is 41.0 Å². The van der Waals surface area contributed by atoms with E-state index >= 15 is 0 Å². The predicted molar refractivity (Wildman–Crippen MR) is 105 cm³/mol. The lowest BCUT2D eigenvalue weighted by Crippen LogP contribution is -2.48. The van der Waals surface area contributed by atoms with Crippen LogP contribution in [0.1, 0.15) is 39.3 Å². The van der Waals surface area contributed by atoms with Crippen LogP contribution in [0.2, 0.25) is 0 Å². The fourth-order valence-corrected chi connectivity index (χ4v) is 3.12. The third-order valence-electron chi connectivity index (χ3n) is 4.47. The SMILES string of the molecule is CC(C)(C)OC(=O)NC1CCN(C(=O)Cc2coc(-c3ccccc3)n2)CC1. The van der Waals surface area contributed by atoms with E-state index in [0.29, 0.717) is 37.5 Å². The largest absolute Gasteiger partial charge is 0.444 e. The summed E-state index contributed by atoms with van der Waals surface area (Å²) in [6.45, 7) is 6.70. The maximum atomic E-state index is 12.6. The van der Waals surface area contributed by atoms with Crippen LogP contribution in [0, 0.1) is 0 Å². The Labute approximate surface area is 165 Å². The number of hydrogen-bond acceptors (Lipinski definition) is 5. The predicted octanol–water partition coefficient (Wildman–Crippen LogP) is 3.40. The Hall–Kier alpha value is -2.83. The zero-order valence-electron chi connectivity index (χ0n) is 16.6. The van der Waals surface area contributed by atoms with Gasteiger partial charge in [-0.15, -0.1) is 0 Å². The quantitative estimate of drug-likeness (QED) is 0.872. The van der Waals surface area contributed by atoms with Gasteiger partial charge in [-0.2, -0.15) is 0 Å². The summed E-state index contributed by atoms with van der Waals surface area (Å²) in [5.41, 5.74) is 0.991. The van der Waals surface area contributed by atoms with Gasteiger partial charge in [0.25, 0.3) is 0 Å². The molecule has 1 N–H and O–H groups in total. The second-order valence-corrected chi connectivity index (χ2v) is 7.99. The van der Waals surface area contributed by atoms with E-state index in [1.54, 1.807) is 0 Å². The molecule has 7 heteroatoms. The van der Waals surface area contributed by atoms with Gasteiger partial charge in [0.15, 0.2) is 0 Å². The summed E-state index contributed by atoms with van der Waals surface area (Å²) in [7, 11) is 0. The molecule has 0 atom stereocenters. The molecule has 1 saturated heterocycles. The van der Waals surface area contributed by atoms with Gasteiger partial charge in [0, 0.05) is 24.7 Å². The van der Waals surface area contributed by atoms with Crippen molar-refractivity contribution in [2.24, 2.45) is 0 Å². The maximum Gasteiger partial charge on any atom is 0.407 e. The molecule has 1 fully saturated rings. The fraction of sp³-hybridized carbons (Fsp3) is 0.476. The Morgan fingerprint density at radius 1 is 1.21 bits per heavy atom. The second-order valence-electron chi connectivity index (χ2n) is 7.99. The molecule has 3 rings (SSSR count). The standard InChI is InChI=1S/C21H27N3O4/c1-21(2,3)28-20(26)23-16-9-11-24(12-10-16)18(25)13-17-14-27-19(22-17)15-7-5-4-6-8-15/h4-8,14,16H,9-13H2,1-3H3,(H,23,26). The molecular weight excluding hydrogens is 358 g/mol. The van der Waals surface area contributed by atoms with Crippen molar-refractivity contribution >= 4 is 12.0 Å². The summed E-state index contributed by atoms with van der Waals surface area (Å²) < 4.78 is 10.8. The Morgan fingerprint density at radius 3 is 2.54 bits per heavy atom. The van der Waals surface area contributed by atoms with Crippen LogP contribution in [0.25, 0.3) is 11.5 Å². The minimum absolute atomic E-state index is 0.0172. The Kier molecular flexibility index (Phi) is 6.02. The smallest absolute Gasteiger partial charge is 0.407 e. The summed E-state index contributed by atoms with van der Waals surface area (Å²) in [5.74, 6) is 0.535. The Balaban J connectivity index is 1.47. The van der Waals surface area contributed by atoms with Gasteiger partial charge in [0.05, 0.1) is 12.1 Å². The number of oxazole rings is 1. The Morgan fingerprint density at radius 2 is 1.89 bits per heavy atom. The highest BCUT2D eigenvalue weighted by atomic mass is 16.6. The van der Waals surface area contributed by atoms with E-state index in [4.69, 9.17) is 9.15 Å². The van der Waals surface area contributed by atoms with Crippen molar-refractivity contribution in [1.29, 1.82) is 0 Å². The number of hydrogen-bond donors (Lipinski definition) is 1. The molecule has 1 aliphatic rings. The molecule has 1 aliphatic heterocycles. The number of carbonyl (C=O) groups excluding carboxylic acids is 2. The number of alkyl carbamates (subject to hydrolysis) is 1. The summed E-state index contributed by atoms with van der Waals surface area (Å²) in [5, 5.41) is 2.88. The number of piperidine rings is 1. The highest BCUT2D eigenvalue weighted by Gasteiger charge is 2.26. The van der Waals surface area contributed by atoms with Crippen LogP contribution in [0.4, 0.5) is 4.79 Å². The number of nitrogens with one attached hydrogen (secondary N) is 1. The molecule has 2 aromatic rings. The molecule has 0 saturated carbocycles. The molecule has 7 nitrogen and oxygen atoms in total. The fourth-order valence-electron chi connectivity index (χ4n) is 3.12. The normalized spacial score (nSPS) is 15.3. The molecule has 0 spiro atoms. The first-order chi connectivity index (χ1) is 13.3. The second kappa shape index (κ2) is 8.46. The zero-order chi connectivity index (χ0) is 20.1. The summed E-state index contributed by atoms with van der Waals surface area (Å²) >= 11 is 0. The number of benzene rings is 1. The van der Waals surface area contributed by atoms with Crippen molar-refractivity contribution in [2.75, 3.05) is 13.1 Å². The molecule has 0 bridgehead atoms. The van der Waals surface area contributed by atoms with Gasteiger partial charge in [0.2, 0.25) is 11.8 Å². The first-order valence-corrected chi connectivity index (χ1v) is 9.57. The van der Waals surface area contributed by atoms with E-state index in [2.05, 4.69) is 10.3 Å². The molecular formula is C21H27N3O4. The van der Waals surface area contributed by atoms with Crippen molar-refractivity contribution in [3.8, 4) is 11.5 Å². The number of ether oxygens (including phenoxy) is 1. The third-order valence-corrected chi connectivity index (χ3v) is 4.47. The van der Waals surface area contributed by atoms with Gasteiger partial charge < -0.3 is 19.4 Å². The van der Waals surface area contributed by atoms with Crippen molar-refractivity contribution in [2.45, 2.75) is 51.7 Å². The summed E-state index contributed by atoms with van der Waals surface area (Å²) in [4.78, 5) is 30.7. The number of carbonyl (C=O) groups is 2. The van der Waals surface area contributed by atoms with Gasteiger partial charge in [-0.1, -0.05) is 18.2 Å². The van der Waals surface area contributed by atoms with Crippen molar-refractivity contribution < 1.29 is 18.7 Å². The van der Waals surface area contributed by atoms with Crippen LogP contribution >= 0.6 is 0 Å². The minimum Gasteiger partial charge on any atom is -0.444 e. The molecule has 1 aromatic heterocycles. The number of rotatable bonds is 4. The summed E-state index contributed by atoms with van der Waals surface area (Å²) in [6, 6.07) is 9.62. The van der Waals surface area contributed by atoms with E-state index in [1.165, 1.54) is 6.26 Å². The van der Waals surface area contributed by atoms with Crippen LogP contribution < -0.4 is 5.32 Å². The number of aromatic nitrogens is 1. The molecule has 28 heavy (non-hydrogen) atoms. The van der Waals surface area contributed by atoms with Gasteiger partial charge in [-0.05, 0) is 45.7 Å². The van der Waals surface area contributed by atoms with E-state index in [1.807, 2.05) is 56.0 Å². The average Bonchev–Trinajstić information content (AvgIpc) is 3.10. The van der Waals surface area contributed by atoms with E-state index in [0.717, 1.165) is 5.56 Å². The lowest BCUT2D eigenvalue weighted by molar-refractivity contribution is -0.131. The van der Waals surface area contributed by atoms with Gasteiger partial charge in [-0.25, -0.2) is 9.78 Å². The average molecular weight is 385 g/mol. The minimum atomic E-state index is -0.517. The van der Waals surface area contributed by atoms with Crippen LogP contribution in [0.3, 0.4) is 0 Å². The monoisotopic (exact) mass is 385 g/mol. The topological polar surface area (TPSA) is 84.7 Å². The van der Waals surface area contributed by atoms with E-state index in [9.17, 15) is 9.59 Å². The first kappa shape index (κ1) is 19.9. The zero-order valence-corrected chi connectivity index (χ0v) is 16.6. The lowest BCUT2D eigenvalue weighted by atomic mass is 10.0. The number of amides is 2. The van der Waals surface area contributed by atoms with Crippen molar-refractivity contribution in [3.05, 3.63) is 42.3 Å². The highest BCUT2D eigenvalue weighted by molar-refractivity contribution is 5.78. The number of nitrogens with zero attached hydrogens (tertiary/aromatic N) is 2. The molecule has 0 aliphatic carbocycles. The molecule has 1 aromatic carbocycles. The lowest BCUT2D eigenvalue weighted by Gasteiger charge is -2.32. The van der Waals surface area contributed by atoms with Crippen molar-refractivity contribution in [1.82, 2.24) is 15.2 Å². The van der Waals surface area contributed by atoms with Crippen LogP contribution in [-0.2, 0) is 16.0 Å². The molecule has 0 radical (unpaired) electrons. The molecule has 2 heterocycles. The van der Waals surface area contributed by atoms with Crippen molar-refractivity contribution in [3.63, 3.8) is 0 Å². The number of likely N-dealkylation sites (tertiary alicyclic amines) is 1. The first-order valence-electron chi connectivity index (χ1n) is 9.57. The Bertz CT molecular complexity index is 803. The summed E-state index contributed by atoms with van der Waals surface area (Å²) in [6.07, 6.45) is 2.75. The molecule has 0 unspecified atom stereocenters. The maximum absolute atomic E-state index is 12.6. The van der Waals surface area contributed by atoms with Crippen LogP contribution in [0.5, 0.6) is 0 Å². The van der Waals surface area contributed by atoms with E-state index in [-0.39, 0.29) is 18.4 Å². The third kappa shape index (κ3) is 5.58. The molecule has 150 valence electrons.